The Bertz CT molecular complexity index is 1220. The van der Waals surface area contributed by atoms with Crippen LogP contribution in [0.2, 0.25) is 0 Å². The molecule has 0 bridgehead atoms. The molecule has 1 aliphatic heterocycles. The standard InChI is InChI=1S/C26H32N6O3/c1-34-15-6-12-27-25-28-18-21(24-29-23(30-32(24)25)22-9-5-16-35-22)19-31-13-10-26(33,11-14-31)17-20-7-3-2-4-8-20/h2-5,7-9,16,18,33H,6,10-15,17,19H2,1H3,(H,27,28). The number of aromatic nitrogens is 4. The van der Waals surface area contributed by atoms with Gasteiger partial charge < -0.3 is 19.6 Å². The van der Waals surface area contributed by atoms with Gasteiger partial charge in [0.15, 0.2) is 11.4 Å². The van der Waals surface area contributed by atoms with Gasteiger partial charge in [0.1, 0.15) is 0 Å². The van der Waals surface area contributed by atoms with E-state index < -0.39 is 5.60 Å². The normalized spacial score (nSPS) is 16.1. The van der Waals surface area contributed by atoms with Gasteiger partial charge in [0.25, 0.3) is 0 Å². The van der Waals surface area contributed by atoms with E-state index in [0.29, 0.717) is 37.1 Å². The molecule has 184 valence electrons. The first-order valence-corrected chi connectivity index (χ1v) is 12.1. The molecular weight excluding hydrogens is 444 g/mol. The van der Waals surface area contributed by atoms with Crippen molar-refractivity contribution in [2.24, 2.45) is 0 Å². The second-order valence-electron chi connectivity index (χ2n) is 9.19. The molecule has 35 heavy (non-hydrogen) atoms. The van der Waals surface area contributed by atoms with Crippen LogP contribution in [0.5, 0.6) is 0 Å². The summed E-state index contributed by atoms with van der Waals surface area (Å²) in [5.41, 5.74) is 2.26. The maximum absolute atomic E-state index is 11.2. The lowest BCUT2D eigenvalue weighted by Crippen LogP contribution is -2.45. The molecule has 0 radical (unpaired) electrons. The lowest BCUT2D eigenvalue weighted by Gasteiger charge is -2.38. The minimum Gasteiger partial charge on any atom is -0.461 e. The van der Waals surface area contributed by atoms with Gasteiger partial charge in [-0.25, -0.2) is 9.97 Å². The number of aliphatic hydroxyl groups is 1. The summed E-state index contributed by atoms with van der Waals surface area (Å²) in [6.07, 6.45) is 6.51. The van der Waals surface area contributed by atoms with E-state index in [2.05, 4.69) is 32.4 Å². The Kier molecular flexibility index (Phi) is 7.08. The lowest BCUT2D eigenvalue weighted by atomic mass is 9.85. The van der Waals surface area contributed by atoms with Crippen LogP contribution in [0.1, 0.15) is 30.4 Å². The van der Waals surface area contributed by atoms with Crippen molar-refractivity contribution in [1.29, 1.82) is 0 Å². The summed E-state index contributed by atoms with van der Waals surface area (Å²) >= 11 is 0. The monoisotopic (exact) mass is 476 g/mol. The number of likely N-dealkylation sites (tertiary alicyclic amines) is 1. The SMILES string of the molecule is COCCCNc1ncc(CN2CCC(O)(Cc3ccccc3)CC2)c2nc(-c3ccco3)nn12. The van der Waals surface area contributed by atoms with E-state index in [1.54, 1.807) is 17.9 Å². The Morgan fingerprint density at radius 1 is 1.14 bits per heavy atom. The Morgan fingerprint density at radius 3 is 2.71 bits per heavy atom. The predicted molar refractivity (Wildman–Crippen MR) is 133 cm³/mol. The maximum atomic E-state index is 11.2. The second kappa shape index (κ2) is 10.6. The highest BCUT2D eigenvalue weighted by Crippen LogP contribution is 2.28. The smallest absolute Gasteiger partial charge is 0.225 e. The lowest BCUT2D eigenvalue weighted by molar-refractivity contribution is -0.0224. The van der Waals surface area contributed by atoms with Crippen LogP contribution in [-0.2, 0) is 17.7 Å². The van der Waals surface area contributed by atoms with E-state index in [0.717, 1.165) is 50.1 Å². The average molecular weight is 477 g/mol. The van der Waals surface area contributed by atoms with E-state index in [9.17, 15) is 5.11 Å². The number of rotatable bonds is 10. The highest BCUT2D eigenvalue weighted by molar-refractivity contribution is 5.58. The van der Waals surface area contributed by atoms with Crippen molar-refractivity contribution in [2.75, 3.05) is 38.7 Å². The van der Waals surface area contributed by atoms with Crippen LogP contribution in [0.4, 0.5) is 5.95 Å². The average Bonchev–Trinajstić information content (AvgIpc) is 3.56. The van der Waals surface area contributed by atoms with Crippen molar-refractivity contribution < 1.29 is 14.3 Å². The van der Waals surface area contributed by atoms with Crippen molar-refractivity contribution in [2.45, 2.75) is 37.8 Å². The fraction of sp³-hybridized carbons (Fsp3) is 0.423. The molecule has 0 unspecified atom stereocenters. The zero-order chi connectivity index (χ0) is 24.1. The summed E-state index contributed by atoms with van der Waals surface area (Å²) in [6.45, 7) is 3.71. The van der Waals surface area contributed by atoms with Crippen LogP contribution in [0.3, 0.4) is 0 Å². The number of anilines is 1. The molecule has 0 aliphatic carbocycles. The van der Waals surface area contributed by atoms with Gasteiger partial charge >= 0.3 is 0 Å². The molecule has 1 aromatic carbocycles. The van der Waals surface area contributed by atoms with Crippen LogP contribution < -0.4 is 5.32 Å². The van der Waals surface area contributed by atoms with Gasteiger partial charge in [-0.3, -0.25) is 4.90 Å². The third kappa shape index (κ3) is 5.53. The Labute approximate surface area is 204 Å². The van der Waals surface area contributed by atoms with E-state index in [1.807, 2.05) is 36.5 Å². The van der Waals surface area contributed by atoms with E-state index >= 15 is 0 Å². The number of fused-ring (bicyclic) bond motifs is 1. The van der Waals surface area contributed by atoms with Crippen molar-refractivity contribution in [3.8, 4) is 11.6 Å². The van der Waals surface area contributed by atoms with Crippen molar-refractivity contribution in [3.05, 3.63) is 66.1 Å². The molecule has 2 N–H and O–H groups in total. The molecule has 4 aromatic rings. The Balaban J connectivity index is 1.31. The number of hydrogen-bond donors (Lipinski definition) is 2. The van der Waals surface area contributed by atoms with E-state index in [1.165, 1.54) is 5.56 Å². The minimum atomic E-state index is -0.664. The number of furan rings is 1. The van der Waals surface area contributed by atoms with Crippen molar-refractivity contribution in [1.82, 2.24) is 24.5 Å². The topological polar surface area (TPSA) is 101 Å². The fourth-order valence-electron chi connectivity index (χ4n) is 4.60. The van der Waals surface area contributed by atoms with E-state index in [-0.39, 0.29) is 0 Å². The van der Waals surface area contributed by atoms with Gasteiger partial charge in [-0.1, -0.05) is 30.3 Å². The molecular formula is C26H32N6O3. The van der Waals surface area contributed by atoms with Gasteiger partial charge in [0.05, 0.1) is 11.9 Å². The second-order valence-corrected chi connectivity index (χ2v) is 9.19. The molecule has 0 saturated carbocycles. The predicted octanol–water partition coefficient (Wildman–Crippen LogP) is 3.40. The summed E-state index contributed by atoms with van der Waals surface area (Å²) in [5.74, 6) is 1.79. The molecule has 0 amide bonds. The molecule has 1 aliphatic rings. The molecule has 1 fully saturated rings. The number of hydrogen-bond acceptors (Lipinski definition) is 8. The Morgan fingerprint density at radius 2 is 1.97 bits per heavy atom. The number of benzene rings is 1. The quantitative estimate of drug-likeness (QED) is 0.336. The minimum absolute atomic E-state index is 0.528. The number of methoxy groups -OCH3 is 1. The number of ether oxygens (including phenoxy) is 1. The Hall–Kier alpha value is -3.27. The third-order valence-electron chi connectivity index (χ3n) is 6.54. The first kappa shape index (κ1) is 23.5. The van der Waals surface area contributed by atoms with Gasteiger partial charge in [0.2, 0.25) is 11.8 Å². The van der Waals surface area contributed by atoms with Crippen molar-refractivity contribution in [3.63, 3.8) is 0 Å². The first-order chi connectivity index (χ1) is 17.1. The summed E-state index contributed by atoms with van der Waals surface area (Å²) in [5, 5.41) is 19.2. The molecule has 1 saturated heterocycles. The van der Waals surface area contributed by atoms with Crippen LogP contribution in [0.15, 0.2) is 59.3 Å². The summed E-state index contributed by atoms with van der Waals surface area (Å²) in [7, 11) is 1.70. The van der Waals surface area contributed by atoms with Crippen LogP contribution >= 0.6 is 0 Å². The molecule has 4 heterocycles. The van der Waals surface area contributed by atoms with Gasteiger partial charge in [-0.15, -0.1) is 5.10 Å². The largest absolute Gasteiger partial charge is 0.461 e. The summed E-state index contributed by atoms with van der Waals surface area (Å²) in [4.78, 5) is 11.8. The summed E-state index contributed by atoms with van der Waals surface area (Å²) in [6, 6.07) is 13.9. The zero-order valence-corrected chi connectivity index (χ0v) is 20.1. The molecule has 5 rings (SSSR count). The van der Waals surface area contributed by atoms with E-state index in [4.69, 9.17) is 14.1 Å². The molecule has 9 heteroatoms. The zero-order valence-electron chi connectivity index (χ0n) is 20.1. The number of piperidine rings is 1. The van der Waals surface area contributed by atoms with Gasteiger partial charge in [0, 0.05) is 58.1 Å². The number of nitrogens with zero attached hydrogens (tertiary/aromatic N) is 5. The molecule has 0 atom stereocenters. The molecule has 9 nitrogen and oxygen atoms in total. The maximum Gasteiger partial charge on any atom is 0.225 e. The van der Waals surface area contributed by atoms with Crippen LogP contribution in [-0.4, -0.2) is 68.5 Å². The van der Waals surface area contributed by atoms with Crippen LogP contribution in [0.25, 0.3) is 17.2 Å². The molecule has 3 aromatic heterocycles. The van der Waals surface area contributed by atoms with Gasteiger partial charge in [-0.05, 0) is 37.0 Å². The van der Waals surface area contributed by atoms with Gasteiger partial charge in [-0.2, -0.15) is 4.52 Å². The first-order valence-electron chi connectivity index (χ1n) is 12.1. The number of nitrogens with one attached hydrogen (secondary N) is 1. The highest BCUT2D eigenvalue weighted by atomic mass is 16.5. The van der Waals surface area contributed by atoms with Crippen molar-refractivity contribution >= 4 is 11.6 Å². The fourth-order valence-corrected chi connectivity index (χ4v) is 4.60. The highest BCUT2D eigenvalue weighted by Gasteiger charge is 2.32. The molecule has 0 spiro atoms. The van der Waals surface area contributed by atoms with Crippen LogP contribution in [0, 0.1) is 0 Å². The third-order valence-corrected chi connectivity index (χ3v) is 6.54. The summed E-state index contributed by atoms with van der Waals surface area (Å²) < 4.78 is 12.4.